The monoisotopic (exact) mass is 546 g/mol. The number of anilines is 3. The summed E-state index contributed by atoms with van der Waals surface area (Å²) in [7, 11) is 0. The molecule has 3 N–H and O–H groups in total. The number of benzene rings is 1. The Labute approximate surface area is 235 Å². The van der Waals surface area contributed by atoms with Crippen LogP contribution in [-0.4, -0.2) is 70.8 Å². The van der Waals surface area contributed by atoms with Gasteiger partial charge in [-0.15, -0.1) is 0 Å². The minimum absolute atomic E-state index is 0.207. The molecule has 4 rings (SSSR count). The molecule has 2 aliphatic rings. The predicted octanol–water partition coefficient (Wildman–Crippen LogP) is 4.88. The molecular formula is C30H38N6O4. The van der Waals surface area contributed by atoms with Gasteiger partial charge in [-0.1, -0.05) is 42.5 Å². The fourth-order valence-electron chi connectivity index (χ4n) is 4.57. The number of allylic oxidation sites excluding steroid dienone is 4. The smallest absolute Gasteiger partial charge is 0.415 e. The zero-order chi connectivity index (χ0) is 28.3. The molecule has 0 radical (unpaired) electrons. The fraction of sp³-hybridized carbons (Fsp3) is 0.400. The van der Waals surface area contributed by atoms with Crippen LogP contribution < -0.4 is 20.3 Å². The van der Waals surface area contributed by atoms with Gasteiger partial charge in [-0.2, -0.15) is 4.98 Å². The van der Waals surface area contributed by atoms with Crippen molar-refractivity contribution in [1.29, 1.82) is 0 Å². The molecule has 212 valence electrons. The molecule has 0 saturated carbocycles. The summed E-state index contributed by atoms with van der Waals surface area (Å²) >= 11 is 0. The lowest BCUT2D eigenvalue weighted by atomic mass is 10.1. The van der Waals surface area contributed by atoms with Gasteiger partial charge in [0.2, 0.25) is 5.95 Å². The molecule has 1 aliphatic heterocycles. The highest BCUT2D eigenvalue weighted by Gasteiger charge is 2.23. The number of carbonyl (C=O) groups excluding carboxylic acids is 1. The quantitative estimate of drug-likeness (QED) is 0.342. The van der Waals surface area contributed by atoms with Crippen LogP contribution in [0.1, 0.15) is 38.7 Å². The van der Waals surface area contributed by atoms with E-state index in [1.807, 2.05) is 30.9 Å². The highest BCUT2D eigenvalue weighted by Crippen LogP contribution is 2.24. The summed E-state index contributed by atoms with van der Waals surface area (Å²) in [4.78, 5) is 37.5. The van der Waals surface area contributed by atoms with Crippen LogP contribution in [0.2, 0.25) is 0 Å². The van der Waals surface area contributed by atoms with Crippen molar-refractivity contribution >= 4 is 29.5 Å². The highest BCUT2D eigenvalue weighted by atomic mass is 16.6. The average Bonchev–Trinajstić information content (AvgIpc) is 3.38. The number of carbonyl (C=O) groups is 2. The number of ether oxygens (including phenoxy) is 1. The van der Waals surface area contributed by atoms with Crippen LogP contribution in [0.3, 0.4) is 0 Å². The Morgan fingerprint density at radius 1 is 1.12 bits per heavy atom. The van der Waals surface area contributed by atoms with Gasteiger partial charge in [0.05, 0.1) is 11.9 Å². The Hall–Kier alpha value is -4.34. The lowest BCUT2D eigenvalue weighted by molar-refractivity contribution is -0.137. The molecule has 10 nitrogen and oxygen atoms in total. The van der Waals surface area contributed by atoms with Gasteiger partial charge in [-0.05, 0) is 56.4 Å². The second-order valence-electron chi connectivity index (χ2n) is 9.71. The van der Waals surface area contributed by atoms with E-state index in [9.17, 15) is 14.7 Å². The Balaban J connectivity index is 1.49. The number of aromatic nitrogens is 2. The minimum atomic E-state index is -1.00. The molecule has 1 atom stereocenters. The number of nitrogens with zero attached hydrogens (tertiary/aromatic N) is 4. The molecule has 0 bridgehead atoms. The topological polar surface area (TPSA) is 120 Å². The van der Waals surface area contributed by atoms with Gasteiger partial charge in [0.25, 0.3) is 0 Å². The Kier molecular flexibility index (Phi) is 10.1. The van der Waals surface area contributed by atoms with Crippen LogP contribution >= 0.6 is 0 Å². The molecular weight excluding hydrogens is 508 g/mol. The van der Waals surface area contributed by atoms with E-state index >= 15 is 0 Å². The summed E-state index contributed by atoms with van der Waals surface area (Å²) in [6, 6.07) is 6.01. The first-order valence-corrected chi connectivity index (χ1v) is 13.9. The zero-order valence-electron chi connectivity index (χ0n) is 23.2. The number of hydrogen-bond donors (Lipinski definition) is 3. The molecule has 1 fully saturated rings. The first kappa shape index (κ1) is 28.7. The summed E-state index contributed by atoms with van der Waals surface area (Å²) in [6.07, 6.45) is 14.7. The number of likely N-dealkylation sites (tertiary alicyclic amines) is 1. The third-order valence-corrected chi connectivity index (χ3v) is 6.90. The standard InChI is InChI=1S/C30H38N6O4/c1-3-35(4-2)29-32-21-26(31-20-23-11-7-5-6-8-12-23)27(34-29)33-25(28(37)38)19-22-13-15-24(16-14-22)40-30(39)36-17-9-10-18-36/h5,7-8,11-16,21,25,31H,3-4,6,9-10,17-20H2,1-2H3,(H,37,38)(H,32,33,34). The van der Waals surface area contributed by atoms with E-state index in [-0.39, 0.29) is 12.5 Å². The molecule has 1 aromatic heterocycles. The third-order valence-electron chi connectivity index (χ3n) is 6.90. The summed E-state index contributed by atoms with van der Waals surface area (Å²) < 4.78 is 5.47. The number of hydrogen-bond acceptors (Lipinski definition) is 8. The molecule has 10 heteroatoms. The first-order chi connectivity index (χ1) is 19.5. The average molecular weight is 547 g/mol. The van der Waals surface area contributed by atoms with Crippen molar-refractivity contribution in [2.45, 2.75) is 45.6 Å². The number of amides is 1. The van der Waals surface area contributed by atoms with Crippen molar-refractivity contribution in [3.63, 3.8) is 0 Å². The van der Waals surface area contributed by atoms with Crippen LogP contribution in [0.25, 0.3) is 0 Å². The first-order valence-electron chi connectivity index (χ1n) is 13.9. The highest BCUT2D eigenvalue weighted by molar-refractivity contribution is 5.80. The van der Waals surface area contributed by atoms with E-state index < -0.39 is 12.0 Å². The van der Waals surface area contributed by atoms with Crippen LogP contribution in [0.5, 0.6) is 5.75 Å². The van der Waals surface area contributed by atoms with Gasteiger partial charge in [-0.25, -0.2) is 14.6 Å². The second kappa shape index (κ2) is 14.2. The van der Waals surface area contributed by atoms with Crippen molar-refractivity contribution in [1.82, 2.24) is 14.9 Å². The molecule has 1 amide bonds. The van der Waals surface area contributed by atoms with E-state index in [0.717, 1.165) is 43.5 Å². The van der Waals surface area contributed by atoms with Gasteiger partial charge in [0.1, 0.15) is 11.8 Å². The normalized spacial score (nSPS) is 15.2. The number of carboxylic acids is 1. The maximum atomic E-state index is 12.3. The molecule has 2 aromatic rings. The van der Waals surface area contributed by atoms with Crippen molar-refractivity contribution in [3.05, 3.63) is 72.0 Å². The molecule has 0 spiro atoms. The molecule has 1 aliphatic carbocycles. The Morgan fingerprint density at radius 2 is 1.88 bits per heavy atom. The van der Waals surface area contributed by atoms with Crippen LogP contribution in [0, 0.1) is 0 Å². The molecule has 1 saturated heterocycles. The van der Waals surface area contributed by atoms with E-state index in [1.165, 1.54) is 0 Å². The SMILES string of the molecule is CCN(CC)c1ncc(NCC2=CC=CCC=C2)c(NC(Cc2ccc(OC(=O)N3CCCC3)cc2)C(=O)O)n1. The molecule has 40 heavy (non-hydrogen) atoms. The summed E-state index contributed by atoms with van der Waals surface area (Å²) in [5.41, 5.74) is 2.50. The summed E-state index contributed by atoms with van der Waals surface area (Å²) in [6.45, 7) is 7.47. The maximum Gasteiger partial charge on any atom is 0.415 e. The van der Waals surface area contributed by atoms with Crippen molar-refractivity contribution in [2.24, 2.45) is 0 Å². The fourth-order valence-corrected chi connectivity index (χ4v) is 4.57. The van der Waals surface area contributed by atoms with Crippen molar-refractivity contribution in [3.8, 4) is 5.75 Å². The second-order valence-corrected chi connectivity index (χ2v) is 9.71. The molecule has 1 aromatic carbocycles. The van der Waals surface area contributed by atoms with E-state index in [0.29, 0.717) is 42.8 Å². The maximum absolute atomic E-state index is 12.3. The van der Waals surface area contributed by atoms with Gasteiger partial charge in [0, 0.05) is 39.1 Å². The molecule has 1 unspecified atom stereocenters. The number of nitrogens with one attached hydrogen (secondary N) is 2. The largest absolute Gasteiger partial charge is 0.480 e. The van der Waals surface area contributed by atoms with Crippen LogP contribution in [0.4, 0.5) is 22.2 Å². The van der Waals surface area contributed by atoms with Gasteiger partial charge >= 0.3 is 12.1 Å². The lowest BCUT2D eigenvalue weighted by Crippen LogP contribution is -2.33. The van der Waals surface area contributed by atoms with E-state index in [4.69, 9.17) is 9.72 Å². The number of rotatable bonds is 12. The van der Waals surface area contributed by atoms with Crippen molar-refractivity contribution < 1.29 is 19.4 Å². The van der Waals surface area contributed by atoms with E-state index in [2.05, 4.69) is 33.8 Å². The zero-order valence-corrected chi connectivity index (χ0v) is 23.2. The Bertz CT molecular complexity index is 1250. The van der Waals surface area contributed by atoms with E-state index in [1.54, 1.807) is 35.4 Å². The summed E-state index contributed by atoms with van der Waals surface area (Å²) in [5.74, 6) is 0.387. The predicted molar refractivity (Wildman–Crippen MR) is 157 cm³/mol. The van der Waals surface area contributed by atoms with Gasteiger partial charge < -0.3 is 30.3 Å². The number of carboxylic acid groups (broad SMARTS) is 1. The summed E-state index contributed by atoms with van der Waals surface area (Å²) in [5, 5.41) is 16.6. The van der Waals surface area contributed by atoms with Crippen LogP contribution in [-0.2, 0) is 11.2 Å². The molecule has 2 heterocycles. The Morgan fingerprint density at radius 3 is 2.58 bits per heavy atom. The minimum Gasteiger partial charge on any atom is -0.480 e. The van der Waals surface area contributed by atoms with Gasteiger partial charge in [0.15, 0.2) is 5.82 Å². The van der Waals surface area contributed by atoms with Crippen molar-refractivity contribution in [2.75, 3.05) is 48.3 Å². The third kappa shape index (κ3) is 7.84. The number of aliphatic carboxylic acids is 1. The van der Waals surface area contributed by atoms with Crippen LogP contribution in [0.15, 0.2) is 66.4 Å². The lowest BCUT2D eigenvalue weighted by Gasteiger charge is -2.23. The van der Waals surface area contributed by atoms with Gasteiger partial charge in [-0.3, -0.25) is 0 Å².